The lowest BCUT2D eigenvalue weighted by molar-refractivity contribution is -0.150. The predicted octanol–water partition coefficient (Wildman–Crippen LogP) is 1.57. The highest BCUT2D eigenvalue weighted by molar-refractivity contribution is 5.88. The van der Waals surface area contributed by atoms with Crippen molar-refractivity contribution in [1.29, 1.82) is 0 Å². The summed E-state index contributed by atoms with van der Waals surface area (Å²) in [5.74, 6) is -0.305. The van der Waals surface area contributed by atoms with Gasteiger partial charge in [-0.25, -0.2) is 4.79 Å². The molecule has 1 atom stereocenters. The van der Waals surface area contributed by atoms with E-state index in [1.165, 1.54) is 0 Å². The Balaban J connectivity index is 4.15. The number of carbonyl (C=O) groups excluding carboxylic acids is 1. The second-order valence-electron chi connectivity index (χ2n) is 3.05. The molecule has 3 heteroatoms. The van der Waals surface area contributed by atoms with E-state index in [1.807, 2.05) is 25.9 Å². The number of ether oxygens (including phenoxy) is 1. The Morgan fingerprint density at radius 2 is 2.08 bits per heavy atom. The highest BCUT2D eigenvalue weighted by atomic mass is 16.6. The first-order valence-corrected chi connectivity index (χ1v) is 4.15. The lowest BCUT2D eigenvalue weighted by atomic mass is 10.3. The molecule has 0 aromatic heterocycles. The van der Waals surface area contributed by atoms with E-state index in [4.69, 9.17) is 4.74 Å². The third-order valence-electron chi connectivity index (χ3n) is 1.69. The van der Waals surface area contributed by atoms with Crippen molar-refractivity contribution in [3.05, 3.63) is 24.3 Å². The van der Waals surface area contributed by atoms with Gasteiger partial charge in [-0.05, 0) is 27.9 Å². The van der Waals surface area contributed by atoms with Crippen LogP contribution in [0, 0.1) is 0 Å². The number of carbonyl (C=O) groups is 1. The fourth-order valence-corrected chi connectivity index (χ4v) is 0.598. The first-order valence-electron chi connectivity index (χ1n) is 4.15. The van der Waals surface area contributed by atoms with Crippen molar-refractivity contribution in [3.8, 4) is 0 Å². The minimum absolute atomic E-state index is 0.208. The SMILES string of the molecule is C=C/C=C(\C)C(=O)OC(C)N(C)C. The van der Waals surface area contributed by atoms with Crippen molar-refractivity contribution in [1.82, 2.24) is 4.90 Å². The zero-order valence-electron chi connectivity index (χ0n) is 8.70. The molecule has 0 fully saturated rings. The standard InChI is InChI=1S/C10H17NO2/c1-6-7-8(2)10(12)13-9(3)11(4)5/h6-7,9H,1H2,2-5H3/b8-7+. The lowest BCUT2D eigenvalue weighted by Gasteiger charge is -2.19. The van der Waals surface area contributed by atoms with Crippen molar-refractivity contribution < 1.29 is 9.53 Å². The van der Waals surface area contributed by atoms with E-state index < -0.39 is 0 Å². The molecule has 0 aliphatic carbocycles. The maximum Gasteiger partial charge on any atom is 0.335 e. The van der Waals surface area contributed by atoms with Crippen molar-refractivity contribution in [2.75, 3.05) is 14.1 Å². The summed E-state index contributed by atoms with van der Waals surface area (Å²) in [6.45, 7) is 7.02. The average molecular weight is 183 g/mol. The molecule has 0 amide bonds. The Hall–Kier alpha value is -1.09. The quantitative estimate of drug-likeness (QED) is 0.287. The number of hydrogen-bond acceptors (Lipinski definition) is 3. The molecule has 0 saturated heterocycles. The molecule has 1 unspecified atom stereocenters. The Morgan fingerprint density at radius 1 is 1.54 bits per heavy atom. The van der Waals surface area contributed by atoms with Crippen molar-refractivity contribution in [3.63, 3.8) is 0 Å². The van der Waals surface area contributed by atoms with E-state index >= 15 is 0 Å². The Morgan fingerprint density at radius 3 is 2.46 bits per heavy atom. The van der Waals surface area contributed by atoms with Gasteiger partial charge in [-0.3, -0.25) is 4.90 Å². The molecule has 0 radical (unpaired) electrons. The molecule has 0 rings (SSSR count). The van der Waals surface area contributed by atoms with Crippen LogP contribution in [0.1, 0.15) is 13.8 Å². The monoisotopic (exact) mass is 183 g/mol. The number of nitrogens with zero attached hydrogens (tertiary/aromatic N) is 1. The fraction of sp³-hybridized carbons (Fsp3) is 0.500. The molecule has 0 aromatic rings. The highest BCUT2D eigenvalue weighted by Crippen LogP contribution is 2.02. The molecule has 0 saturated carbocycles. The topological polar surface area (TPSA) is 29.5 Å². The van der Waals surface area contributed by atoms with E-state index in [0.717, 1.165) is 0 Å². The molecule has 0 bridgehead atoms. The van der Waals surface area contributed by atoms with Crippen LogP contribution >= 0.6 is 0 Å². The number of hydrogen-bond donors (Lipinski definition) is 0. The van der Waals surface area contributed by atoms with Gasteiger partial charge in [-0.2, -0.15) is 0 Å². The van der Waals surface area contributed by atoms with Crippen molar-refractivity contribution >= 4 is 5.97 Å². The first-order chi connectivity index (χ1) is 5.99. The molecular weight excluding hydrogens is 166 g/mol. The third kappa shape index (κ3) is 4.48. The van der Waals surface area contributed by atoms with Crippen LogP contribution in [0.2, 0.25) is 0 Å². The number of rotatable bonds is 4. The number of allylic oxidation sites excluding steroid dienone is 2. The molecule has 0 spiro atoms. The van der Waals surface area contributed by atoms with Crippen LogP contribution in [0.5, 0.6) is 0 Å². The maximum atomic E-state index is 11.3. The lowest BCUT2D eigenvalue weighted by Crippen LogP contribution is -2.30. The van der Waals surface area contributed by atoms with Crippen LogP contribution in [0.25, 0.3) is 0 Å². The van der Waals surface area contributed by atoms with E-state index in [2.05, 4.69) is 6.58 Å². The van der Waals surface area contributed by atoms with Gasteiger partial charge in [0.15, 0.2) is 6.23 Å². The zero-order valence-corrected chi connectivity index (χ0v) is 8.70. The first kappa shape index (κ1) is 11.9. The summed E-state index contributed by atoms with van der Waals surface area (Å²) >= 11 is 0. The average Bonchev–Trinajstić information content (AvgIpc) is 2.04. The van der Waals surface area contributed by atoms with Crippen LogP contribution in [-0.4, -0.2) is 31.2 Å². The molecule has 0 heterocycles. The molecule has 3 nitrogen and oxygen atoms in total. The minimum atomic E-state index is -0.305. The van der Waals surface area contributed by atoms with Crippen molar-refractivity contribution in [2.45, 2.75) is 20.1 Å². The van der Waals surface area contributed by atoms with Crippen LogP contribution in [0.4, 0.5) is 0 Å². The predicted molar refractivity (Wildman–Crippen MR) is 53.2 cm³/mol. The summed E-state index contributed by atoms with van der Waals surface area (Å²) in [6.07, 6.45) is 2.99. The van der Waals surface area contributed by atoms with Gasteiger partial charge >= 0.3 is 5.97 Å². The largest absolute Gasteiger partial charge is 0.443 e. The van der Waals surface area contributed by atoms with E-state index in [-0.39, 0.29) is 12.2 Å². The molecule has 0 aliphatic heterocycles. The van der Waals surface area contributed by atoms with Crippen LogP contribution in [0.3, 0.4) is 0 Å². The highest BCUT2D eigenvalue weighted by Gasteiger charge is 2.11. The Bertz CT molecular complexity index is 219. The van der Waals surface area contributed by atoms with Gasteiger partial charge in [0.1, 0.15) is 0 Å². The second-order valence-corrected chi connectivity index (χ2v) is 3.05. The van der Waals surface area contributed by atoms with E-state index in [9.17, 15) is 4.79 Å². The summed E-state index contributed by atoms with van der Waals surface area (Å²) in [6, 6.07) is 0. The minimum Gasteiger partial charge on any atom is -0.443 e. The van der Waals surface area contributed by atoms with E-state index in [1.54, 1.807) is 19.1 Å². The summed E-state index contributed by atoms with van der Waals surface area (Å²) in [4.78, 5) is 13.1. The summed E-state index contributed by atoms with van der Waals surface area (Å²) in [5.41, 5.74) is 0.559. The normalized spacial score (nSPS) is 14.1. The smallest absolute Gasteiger partial charge is 0.335 e. The van der Waals surface area contributed by atoms with Crippen LogP contribution in [-0.2, 0) is 9.53 Å². The van der Waals surface area contributed by atoms with Gasteiger partial charge in [0.05, 0.1) is 0 Å². The summed E-state index contributed by atoms with van der Waals surface area (Å²) in [5, 5.41) is 0. The molecule has 0 aliphatic rings. The fourth-order valence-electron chi connectivity index (χ4n) is 0.598. The zero-order chi connectivity index (χ0) is 10.4. The van der Waals surface area contributed by atoms with Gasteiger partial charge < -0.3 is 4.74 Å². The van der Waals surface area contributed by atoms with Crippen molar-refractivity contribution in [2.24, 2.45) is 0 Å². The Labute approximate surface area is 79.7 Å². The van der Waals surface area contributed by atoms with Crippen LogP contribution in [0.15, 0.2) is 24.3 Å². The molecule has 13 heavy (non-hydrogen) atoms. The van der Waals surface area contributed by atoms with Gasteiger partial charge in [0, 0.05) is 5.57 Å². The third-order valence-corrected chi connectivity index (χ3v) is 1.69. The van der Waals surface area contributed by atoms with Crippen LogP contribution < -0.4 is 0 Å². The van der Waals surface area contributed by atoms with Gasteiger partial charge in [0.25, 0.3) is 0 Å². The molecular formula is C10H17NO2. The summed E-state index contributed by atoms with van der Waals surface area (Å²) in [7, 11) is 3.70. The Kier molecular flexibility index (Phi) is 5.07. The molecule has 0 aromatic carbocycles. The number of esters is 1. The van der Waals surface area contributed by atoms with Gasteiger partial charge in [-0.1, -0.05) is 18.7 Å². The van der Waals surface area contributed by atoms with E-state index in [0.29, 0.717) is 5.57 Å². The van der Waals surface area contributed by atoms with Gasteiger partial charge in [-0.15, -0.1) is 0 Å². The molecule has 0 N–H and O–H groups in total. The summed E-state index contributed by atoms with van der Waals surface area (Å²) < 4.78 is 5.10. The second kappa shape index (κ2) is 5.54. The molecule has 74 valence electrons. The van der Waals surface area contributed by atoms with Gasteiger partial charge in [0.2, 0.25) is 0 Å². The maximum absolute atomic E-state index is 11.3.